The maximum Gasteiger partial charge on any atom is 0.00671 e. The summed E-state index contributed by atoms with van der Waals surface area (Å²) in [4.78, 5) is 0. The van der Waals surface area contributed by atoms with Crippen LogP contribution in [0.25, 0.3) is 0 Å². The SMILES string of the molecule is CCCC(CCc1ccc2c(c1)CCC2)NC. The molecule has 1 N–H and O–H groups in total. The van der Waals surface area contributed by atoms with E-state index in [4.69, 9.17) is 0 Å². The van der Waals surface area contributed by atoms with Gasteiger partial charge in [0.1, 0.15) is 0 Å². The van der Waals surface area contributed by atoms with E-state index in [2.05, 4.69) is 37.5 Å². The highest BCUT2D eigenvalue weighted by Gasteiger charge is 2.11. The predicted molar refractivity (Wildman–Crippen MR) is 74.5 cm³/mol. The van der Waals surface area contributed by atoms with Crippen molar-refractivity contribution in [1.29, 1.82) is 0 Å². The Morgan fingerprint density at radius 3 is 2.76 bits per heavy atom. The summed E-state index contributed by atoms with van der Waals surface area (Å²) >= 11 is 0. The Hall–Kier alpha value is -0.820. The molecule has 0 saturated carbocycles. The molecular weight excluding hydrogens is 206 g/mol. The minimum Gasteiger partial charge on any atom is -0.317 e. The number of benzene rings is 1. The van der Waals surface area contributed by atoms with Gasteiger partial charge >= 0.3 is 0 Å². The number of fused-ring (bicyclic) bond motifs is 1. The van der Waals surface area contributed by atoms with Gasteiger partial charge in [-0.1, -0.05) is 31.5 Å². The lowest BCUT2D eigenvalue weighted by Crippen LogP contribution is -2.25. The van der Waals surface area contributed by atoms with Crippen LogP contribution in [0.2, 0.25) is 0 Å². The Morgan fingerprint density at radius 2 is 2.00 bits per heavy atom. The number of hydrogen-bond donors (Lipinski definition) is 1. The Balaban J connectivity index is 1.90. The molecule has 17 heavy (non-hydrogen) atoms. The fraction of sp³-hybridized carbons (Fsp3) is 0.625. The zero-order valence-electron chi connectivity index (χ0n) is 11.3. The van der Waals surface area contributed by atoms with Gasteiger partial charge in [0.2, 0.25) is 0 Å². The summed E-state index contributed by atoms with van der Waals surface area (Å²) in [6.45, 7) is 2.26. The van der Waals surface area contributed by atoms with E-state index in [0.717, 1.165) is 0 Å². The number of hydrogen-bond acceptors (Lipinski definition) is 1. The topological polar surface area (TPSA) is 12.0 Å². The second-order valence-electron chi connectivity index (χ2n) is 5.27. The molecule has 1 aromatic rings. The molecule has 94 valence electrons. The summed E-state index contributed by atoms with van der Waals surface area (Å²) in [6, 6.07) is 7.82. The van der Waals surface area contributed by atoms with Gasteiger partial charge in [-0.3, -0.25) is 0 Å². The lowest BCUT2D eigenvalue weighted by molar-refractivity contribution is 0.484. The van der Waals surface area contributed by atoms with E-state index >= 15 is 0 Å². The molecule has 0 bridgehead atoms. The van der Waals surface area contributed by atoms with Crippen LogP contribution < -0.4 is 5.32 Å². The number of aryl methyl sites for hydroxylation is 3. The first-order valence-electron chi connectivity index (χ1n) is 7.11. The van der Waals surface area contributed by atoms with Crippen LogP contribution in [-0.4, -0.2) is 13.1 Å². The zero-order chi connectivity index (χ0) is 12.1. The molecule has 1 unspecified atom stereocenters. The summed E-state index contributed by atoms with van der Waals surface area (Å²) in [6.07, 6.45) is 9.00. The van der Waals surface area contributed by atoms with Gasteiger partial charge in [-0.2, -0.15) is 0 Å². The van der Waals surface area contributed by atoms with Crippen molar-refractivity contribution in [2.45, 2.75) is 57.9 Å². The van der Waals surface area contributed by atoms with E-state index in [1.54, 1.807) is 11.1 Å². The Kier molecular flexibility index (Phi) is 4.61. The molecule has 0 heterocycles. The molecule has 0 aliphatic heterocycles. The van der Waals surface area contributed by atoms with Gasteiger partial charge in [-0.25, -0.2) is 0 Å². The van der Waals surface area contributed by atoms with E-state index in [-0.39, 0.29) is 0 Å². The lowest BCUT2D eigenvalue weighted by Gasteiger charge is -2.15. The molecule has 0 amide bonds. The van der Waals surface area contributed by atoms with Crippen LogP contribution in [0.15, 0.2) is 18.2 Å². The van der Waals surface area contributed by atoms with Crippen LogP contribution in [0.3, 0.4) is 0 Å². The Morgan fingerprint density at radius 1 is 1.18 bits per heavy atom. The predicted octanol–water partition coefficient (Wildman–Crippen LogP) is 3.50. The van der Waals surface area contributed by atoms with E-state index < -0.39 is 0 Å². The monoisotopic (exact) mass is 231 g/mol. The van der Waals surface area contributed by atoms with Crippen LogP contribution in [-0.2, 0) is 19.3 Å². The summed E-state index contributed by atoms with van der Waals surface area (Å²) in [5.74, 6) is 0. The molecular formula is C16H25N. The Bertz CT molecular complexity index is 357. The minimum atomic E-state index is 0.688. The summed E-state index contributed by atoms with van der Waals surface area (Å²) in [7, 11) is 2.09. The normalized spacial score (nSPS) is 15.9. The molecule has 1 aromatic carbocycles. The molecule has 1 aliphatic rings. The van der Waals surface area contributed by atoms with Crippen molar-refractivity contribution in [3.05, 3.63) is 34.9 Å². The van der Waals surface area contributed by atoms with Crippen molar-refractivity contribution in [3.8, 4) is 0 Å². The molecule has 1 nitrogen and oxygen atoms in total. The average molecular weight is 231 g/mol. The standard InChI is InChI=1S/C16H25N/c1-3-5-16(17-2)11-9-13-8-10-14-6-4-7-15(14)12-13/h8,10,12,16-17H,3-7,9,11H2,1-2H3. The fourth-order valence-electron chi connectivity index (χ4n) is 2.90. The van der Waals surface area contributed by atoms with Crippen LogP contribution >= 0.6 is 0 Å². The van der Waals surface area contributed by atoms with Crippen molar-refractivity contribution < 1.29 is 0 Å². The molecule has 0 aromatic heterocycles. The van der Waals surface area contributed by atoms with E-state index in [1.807, 2.05) is 0 Å². The largest absolute Gasteiger partial charge is 0.317 e. The third kappa shape index (κ3) is 3.32. The quantitative estimate of drug-likeness (QED) is 0.790. The molecule has 1 atom stereocenters. The first-order valence-corrected chi connectivity index (χ1v) is 7.11. The highest BCUT2D eigenvalue weighted by molar-refractivity contribution is 5.35. The molecule has 0 fully saturated rings. The maximum atomic E-state index is 3.43. The van der Waals surface area contributed by atoms with Crippen LogP contribution in [0.1, 0.15) is 49.3 Å². The third-order valence-electron chi connectivity index (χ3n) is 3.99. The van der Waals surface area contributed by atoms with Crippen LogP contribution in [0.5, 0.6) is 0 Å². The lowest BCUT2D eigenvalue weighted by atomic mass is 9.99. The molecule has 1 heteroatoms. The second-order valence-corrected chi connectivity index (χ2v) is 5.27. The molecule has 1 aliphatic carbocycles. The van der Waals surface area contributed by atoms with Gasteiger partial charge in [0, 0.05) is 6.04 Å². The van der Waals surface area contributed by atoms with Gasteiger partial charge in [0.05, 0.1) is 0 Å². The van der Waals surface area contributed by atoms with Crippen LogP contribution in [0.4, 0.5) is 0 Å². The average Bonchev–Trinajstić information content (AvgIpc) is 2.81. The first-order chi connectivity index (χ1) is 8.33. The minimum absolute atomic E-state index is 0.688. The first kappa shape index (κ1) is 12.6. The van der Waals surface area contributed by atoms with E-state index in [9.17, 15) is 0 Å². The highest BCUT2D eigenvalue weighted by atomic mass is 14.9. The van der Waals surface area contributed by atoms with Gasteiger partial charge in [0.25, 0.3) is 0 Å². The van der Waals surface area contributed by atoms with Gasteiger partial charge in [-0.15, -0.1) is 0 Å². The van der Waals surface area contributed by atoms with Crippen molar-refractivity contribution in [1.82, 2.24) is 5.32 Å². The van der Waals surface area contributed by atoms with Crippen molar-refractivity contribution in [3.63, 3.8) is 0 Å². The number of nitrogens with one attached hydrogen (secondary N) is 1. The van der Waals surface area contributed by atoms with Crippen molar-refractivity contribution in [2.75, 3.05) is 7.05 Å². The molecule has 0 radical (unpaired) electrons. The number of rotatable bonds is 6. The third-order valence-corrected chi connectivity index (χ3v) is 3.99. The highest BCUT2D eigenvalue weighted by Crippen LogP contribution is 2.23. The zero-order valence-corrected chi connectivity index (χ0v) is 11.3. The van der Waals surface area contributed by atoms with Crippen molar-refractivity contribution >= 4 is 0 Å². The van der Waals surface area contributed by atoms with Gasteiger partial charge < -0.3 is 5.32 Å². The second kappa shape index (κ2) is 6.20. The van der Waals surface area contributed by atoms with Gasteiger partial charge in [-0.05, 0) is 62.3 Å². The van der Waals surface area contributed by atoms with E-state index in [0.29, 0.717) is 6.04 Å². The molecule has 0 spiro atoms. The van der Waals surface area contributed by atoms with Crippen molar-refractivity contribution in [2.24, 2.45) is 0 Å². The summed E-state index contributed by atoms with van der Waals surface area (Å²) in [5, 5.41) is 3.43. The van der Waals surface area contributed by atoms with Crippen LogP contribution in [0, 0.1) is 0 Å². The molecule has 2 rings (SSSR count). The van der Waals surface area contributed by atoms with Gasteiger partial charge in [0.15, 0.2) is 0 Å². The fourth-order valence-corrected chi connectivity index (χ4v) is 2.90. The smallest absolute Gasteiger partial charge is 0.00671 e. The summed E-state index contributed by atoms with van der Waals surface area (Å²) in [5.41, 5.74) is 4.73. The van der Waals surface area contributed by atoms with E-state index in [1.165, 1.54) is 50.5 Å². The Labute approximate surface area is 106 Å². The summed E-state index contributed by atoms with van der Waals surface area (Å²) < 4.78 is 0. The maximum absolute atomic E-state index is 3.43. The molecule has 0 saturated heterocycles.